The van der Waals surface area contributed by atoms with Gasteiger partial charge in [-0.15, -0.1) is 0 Å². The average Bonchev–Trinajstić information content (AvgIpc) is 2.46. The number of likely N-dealkylation sites (tertiary alicyclic amines) is 1. The smallest absolute Gasteiger partial charge is 0.303 e. The molecule has 1 heterocycles. The van der Waals surface area contributed by atoms with Crippen molar-refractivity contribution in [1.82, 2.24) is 4.90 Å². The largest absolute Gasteiger partial charge is 0.481 e. The molecule has 0 aromatic carbocycles. The minimum atomic E-state index is -0.610. The van der Waals surface area contributed by atoms with Crippen molar-refractivity contribution in [3.63, 3.8) is 0 Å². The van der Waals surface area contributed by atoms with Crippen molar-refractivity contribution in [2.75, 3.05) is 20.1 Å². The van der Waals surface area contributed by atoms with Crippen molar-refractivity contribution in [2.24, 2.45) is 17.8 Å². The molecule has 2 rings (SSSR count). The highest BCUT2D eigenvalue weighted by molar-refractivity contribution is 5.67. The second-order valence-electron chi connectivity index (χ2n) is 5.26. The molecule has 15 heavy (non-hydrogen) atoms. The van der Waals surface area contributed by atoms with Crippen LogP contribution in [0.5, 0.6) is 0 Å². The van der Waals surface area contributed by atoms with Gasteiger partial charge in [0.2, 0.25) is 0 Å². The summed E-state index contributed by atoms with van der Waals surface area (Å²) in [5.74, 6) is 1.18. The van der Waals surface area contributed by atoms with Gasteiger partial charge in [0.1, 0.15) is 0 Å². The van der Waals surface area contributed by atoms with Crippen molar-refractivity contribution >= 4 is 5.97 Å². The van der Waals surface area contributed by atoms with Gasteiger partial charge in [-0.05, 0) is 37.8 Å². The molecule has 2 fully saturated rings. The van der Waals surface area contributed by atoms with Crippen LogP contribution in [0.3, 0.4) is 0 Å². The third-order valence-corrected chi connectivity index (χ3v) is 4.20. The van der Waals surface area contributed by atoms with Crippen LogP contribution < -0.4 is 0 Å². The topological polar surface area (TPSA) is 40.5 Å². The first-order valence-corrected chi connectivity index (χ1v) is 6.07. The van der Waals surface area contributed by atoms with E-state index in [9.17, 15) is 4.79 Å². The van der Waals surface area contributed by atoms with Crippen LogP contribution in [0.25, 0.3) is 0 Å². The van der Waals surface area contributed by atoms with Crippen molar-refractivity contribution in [3.8, 4) is 0 Å². The molecular weight excluding hydrogens is 190 g/mol. The van der Waals surface area contributed by atoms with Crippen LogP contribution in [-0.4, -0.2) is 36.1 Å². The molecule has 2 atom stereocenters. The Labute approximate surface area is 91.5 Å². The van der Waals surface area contributed by atoms with Gasteiger partial charge in [-0.25, -0.2) is 0 Å². The van der Waals surface area contributed by atoms with E-state index in [0.717, 1.165) is 13.1 Å². The third kappa shape index (κ3) is 2.51. The van der Waals surface area contributed by atoms with Crippen LogP contribution >= 0.6 is 0 Å². The summed E-state index contributed by atoms with van der Waals surface area (Å²) in [6.07, 6.45) is 5.42. The summed E-state index contributed by atoms with van der Waals surface area (Å²) in [5.41, 5.74) is 0. The number of rotatable bonds is 4. The number of hydrogen-bond acceptors (Lipinski definition) is 2. The normalized spacial score (nSPS) is 30.1. The third-order valence-electron chi connectivity index (χ3n) is 4.20. The van der Waals surface area contributed by atoms with Crippen molar-refractivity contribution in [1.29, 1.82) is 0 Å². The van der Waals surface area contributed by atoms with E-state index in [-0.39, 0.29) is 0 Å². The van der Waals surface area contributed by atoms with E-state index in [2.05, 4.69) is 11.9 Å². The zero-order valence-electron chi connectivity index (χ0n) is 9.48. The summed E-state index contributed by atoms with van der Waals surface area (Å²) >= 11 is 0. The number of hydrogen-bond donors (Lipinski definition) is 1. The molecule has 1 saturated carbocycles. The summed E-state index contributed by atoms with van der Waals surface area (Å²) in [4.78, 5) is 13.2. The fourth-order valence-electron chi connectivity index (χ4n) is 3.11. The molecule has 1 aliphatic carbocycles. The minimum Gasteiger partial charge on any atom is -0.481 e. The van der Waals surface area contributed by atoms with Crippen molar-refractivity contribution < 1.29 is 9.90 Å². The SMILES string of the molecule is CN1CCC(C(CC(=O)O)C2CCC2)C1. The zero-order chi connectivity index (χ0) is 10.8. The molecule has 1 N–H and O–H groups in total. The molecule has 0 spiro atoms. The Morgan fingerprint density at radius 3 is 2.53 bits per heavy atom. The van der Waals surface area contributed by atoms with Gasteiger partial charge in [0, 0.05) is 13.0 Å². The molecule has 0 aromatic rings. The Bertz CT molecular complexity index is 238. The van der Waals surface area contributed by atoms with Gasteiger partial charge in [0.05, 0.1) is 0 Å². The maximum absolute atomic E-state index is 10.9. The molecule has 0 amide bonds. The quantitative estimate of drug-likeness (QED) is 0.771. The van der Waals surface area contributed by atoms with Gasteiger partial charge < -0.3 is 10.0 Å². The van der Waals surface area contributed by atoms with Crippen LogP contribution in [0.1, 0.15) is 32.1 Å². The van der Waals surface area contributed by atoms with E-state index in [1.165, 1.54) is 25.7 Å². The standard InChI is InChI=1S/C12H21NO2/c1-13-6-5-10(8-13)11(7-12(14)15)9-3-2-4-9/h9-11H,2-8H2,1H3,(H,14,15). The predicted molar refractivity (Wildman–Crippen MR) is 58.7 cm³/mol. The molecule has 0 bridgehead atoms. The molecule has 2 unspecified atom stereocenters. The summed E-state index contributed by atoms with van der Waals surface area (Å²) in [6, 6.07) is 0. The van der Waals surface area contributed by atoms with Crippen molar-refractivity contribution in [3.05, 3.63) is 0 Å². The van der Waals surface area contributed by atoms with E-state index >= 15 is 0 Å². The van der Waals surface area contributed by atoms with Crippen molar-refractivity contribution in [2.45, 2.75) is 32.1 Å². The molecule has 3 heteroatoms. The lowest BCUT2D eigenvalue weighted by molar-refractivity contribution is -0.139. The lowest BCUT2D eigenvalue weighted by Gasteiger charge is -2.36. The van der Waals surface area contributed by atoms with Gasteiger partial charge in [-0.2, -0.15) is 0 Å². The maximum Gasteiger partial charge on any atom is 0.303 e. The molecule has 2 aliphatic rings. The van der Waals surface area contributed by atoms with Gasteiger partial charge in [-0.1, -0.05) is 19.3 Å². The Balaban J connectivity index is 1.94. The van der Waals surface area contributed by atoms with Gasteiger partial charge in [0.15, 0.2) is 0 Å². The number of nitrogens with zero attached hydrogens (tertiary/aromatic N) is 1. The van der Waals surface area contributed by atoms with E-state index in [1.54, 1.807) is 0 Å². The summed E-state index contributed by atoms with van der Waals surface area (Å²) in [7, 11) is 2.14. The van der Waals surface area contributed by atoms with Crippen LogP contribution in [0.15, 0.2) is 0 Å². The van der Waals surface area contributed by atoms with E-state index in [0.29, 0.717) is 24.2 Å². The Morgan fingerprint density at radius 1 is 1.40 bits per heavy atom. The molecule has 1 aliphatic heterocycles. The van der Waals surface area contributed by atoms with Gasteiger partial charge in [-0.3, -0.25) is 4.79 Å². The molecular formula is C12H21NO2. The lowest BCUT2D eigenvalue weighted by Crippen LogP contribution is -2.31. The molecule has 86 valence electrons. The maximum atomic E-state index is 10.9. The first kappa shape index (κ1) is 10.9. The average molecular weight is 211 g/mol. The monoisotopic (exact) mass is 211 g/mol. The second kappa shape index (κ2) is 4.52. The molecule has 0 radical (unpaired) electrons. The van der Waals surface area contributed by atoms with Crippen LogP contribution in [0.4, 0.5) is 0 Å². The Morgan fingerprint density at radius 2 is 2.13 bits per heavy atom. The van der Waals surface area contributed by atoms with Crippen LogP contribution in [0, 0.1) is 17.8 Å². The summed E-state index contributed by atoms with van der Waals surface area (Å²) in [6.45, 7) is 2.25. The minimum absolute atomic E-state index is 0.392. The fourth-order valence-corrected chi connectivity index (χ4v) is 3.11. The zero-order valence-corrected chi connectivity index (χ0v) is 9.48. The number of carboxylic acids is 1. The van der Waals surface area contributed by atoms with Gasteiger partial charge in [0.25, 0.3) is 0 Å². The van der Waals surface area contributed by atoms with E-state index in [4.69, 9.17) is 5.11 Å². The van der Waals surface area contributed by atoms with E-state index in [1.807, 2.05) is 0 Å². The van der Waals surface area contributed by atoms with Crippen LogP contribution in [-0.2, 0) is 4.79 Å². The first-order valence-electron chi connectivity index (χ1n) is 6.07. The number of aliphatic carboxylic acids is 1. The van der Waals surface area contributed by atoms with Gasteiger partial charge >= 0.3 is 5.97 Å². The fraction of sp³-hybridized carbons (Fsp3) is 0.917. The Hall–Kier alpha value is -0.570. The summed E-state index contributed by atoms with van der Waals surface area (Å²) in [5, 5.41) is 8.97. The molecule has 1 saturated heterocycles. The number of carbonyl (C=O) groups is 1. The highest BCUT2D eigenvalue weighted by atomic mass is 16.4. The van der Waals surface area contributed by atoms with E-state index < -0.39 is 5.97 Å². The molecule has 3 nitrogen and oxygen atoms in total. The summed E-state index contributed by atoms with van der Waals surface area (Å²) < 4.78 is 0. The highest BCUT2D eigenvalue weighted by Gasteiger charge is 2.36. The Kier molecular flexibility index (Phi) is 3.29. The molecule has 0 aromatic heterocycles. The number of carboxylic acid groups (broad SMARTS) is 1. The first-order chi connectivity index (χ1) is 7.16. The highest BCUT2D eigenvalue weighted by Crippen LogP contribution is 2.41. The predicted octanol–water partition coefficient (Wildman–Crippen LogP) is 1.83. The van der Waals surface area contributed by atoms with Crippen LogP contribution in [0.2, 0.25) is 0 Å². The second-order valence-corrected chi connectivity index (χ2v) is 5.26. The lowest BCUT2D eigenvalue weighted by atomic mass is 9.69.